The first kappa shape index (κ1) is 19.8. The van der Waals surface area contributed by atoms with Crippen molar-refractivity contribution >= 4 is 21.6 Å². The van der Waals surface area contributed by atoms with E-state index in [1.165, 1.54) is 0 Å². The summed E-state index contributed by atoms with van der Waals surface area (Å²) in [6, 6.07) is 18.6. The molecule has 0 bridgehead atoms. The van der Waals surface area contributed by atoms with Crippen molar-refractivity contribution in [3.8, 4) is 22.6 Å². The van der Waals surface area contributed by atoms with Gasteiger partial charge < -0.3 is 9.47 Å². The second-order valence-corrected chi connectivity index (χ2v) is 9.29. The van der Waals surface area contributed by atoms with E-state index < -0.39 is 21.4 Å². The van der Waals surface area contributed by atoms with Gasteiger partial charge in [0.1, 0.15) is 17.6 Å². The number of halogens is 1. The van der Waals surface area contributed by atoms with Crippen LogP contribution in [-0.4, -0.2) is 15.5 Å². The van der Waals surface area contributed by atoms with Crippen LogP contribution < -0.4 is 14.6 Å². The number of sulfonamides is 1. The molecule has 1 heterocycles. The van der Waals surface area contributed by atoms with Crippen molar-refractivity contribution in [2.24, 2.45) is 5.14 Å². The number of rotatable bonds is 4. The van der Waals surface area contributed by atoms with Gasteiger partial charge in [-0.25, -0.2) is 13.6 Å². The molecule has 4 rings (SSSR count). The van der Waals surface area contributed by atoms with Crippen LogP contribution in [0.5, 0.6) is 11.5 Å². The third kappa shape index (κ3) is 3.59. The Morgan fingerprint density at radius 1 is 1.10 bits per heavy atom. The van der Waals surface area contributed by atoms with Gasteiger partial charge in [0, 0.05) is 10.6 Å². The van der Waals surface area contributed by atoms with Crippen LogP contribution in [0.15, 0.2) is 60.7 Å². The minimum absolute atomic E-state index is 0.448. The van der Waals surface area contributed by atoms with Crippen LogP contribution in [0.3, 0.4) is 0 Å². The highest BCUT2D eigenvalue weighted by Gasteiger charge is 2.31. The summed E-state index contributed by atoms with van der Waals surface area (Å²) < 4.78 is 35.7. The summed E-state index contributed by atoms with van der Waals surface area (Å²) in [5.74, 6) is 1.37. The highest BCUT2D eigenvalue weighted by molar-refractivity contribution is 7.89. The largest absolute Gasteiger partial charge is 0.496 e. The normalized spacial score (nSPS) is 16.3. The number of ether oxygens (including phenoxy) is 2. The summed E-state index contributed by atoms with van der Waals surface area (Å²) >= 11 is 6.21. The van der Waals surface area contributed by atoms with Gasteiger partial charge in [0.2, 0.25) is 10.0 Å². The molecule has 0 amide bonds. The van der Waals surface area contributed by atoms with Gasteiger partial charge in [0.15, 0.2) is 0 Å². The number of primary sulfonamides is 1. The molecule has 5 nitrogen and oxygen atoms in total. The van der Waals surface area contributed by atoms with E-state index in [4.69, 9.17) is 26.2 Å². The lowest BCUT2D eigenvalue weighted by Gasteiger charge is -2.31. The fourth-order valence-electron chi connectivity index (χ4n) is 3.62. The fourth-order valence-corrected chi connectivity index (χ4v) is 4.35. The molecule has 0 fully saturated rings. The summed E-state index contributed by atoms with van der Waals surface area (Å²) in [7, 11) is -2.12. The number of methoxy groups -OCH3 is 1. The Morgan fingerprint density at radius 3 is 2.55 bits per heavy atom. The van der Waals surface area contributed by atoms with E-state index in [9.17, 15) is 8.42 Å². The van der Waals surface area contributed by atoms with Crippen LogP contribution in [-0.2, 0) is 10.0 Å². The number of hydrogen-bond acceptors (Lipinski definition) is 4. The lowest BCUT2D eigenvalue weighted by atomic mass is 9.87. The molecule has 3 aromatic carbocycles. The zero-order valence-corrected chi connectivity index (χ0v) is 17.5. The molecule has 1 aliphatic heterocycles. The van der Waals surface area contributed by atoms with Crippen LogP contribution in [0.2, 0.25) is 5.02 Å². The first-order valence-electron chi connectivity index (χ1n) is 9.04. The molecule has 3 aromatic rings. The van der Waals surface area contributed by atoms with Gasteiger partial charge in [-0.05, 0) is 53.9 Å². The molecule has 2 N–H and O–H groups in total. The Kier molecular flexibility index (Phi) is 5.02. The van der Waals surface area contributed by atoms with Gasteiger partial charge in [-0.2, -0.15) is 0 Å². The van der Waals surface area contributed by atoms with Crippen molar-refractivity contribution < 1.29 is 17.9 Å². The Labute approximate surface area is 175 Å². The van der Waals surface area contributed by atoms with Crippen molar-refractivity contribution in [2.45, 2.75) is 18.3 Å². The highest BCUT2D eigenvalue weighted by atomic mass is 35.5. The Hall–Kier alpha value is -2.54. The smallest absolute Gasteiger partial charge is 0.215 e. The molecular weight excluding hydrogens is 410 g/mol. The molecule has 1 aliphatic rings. The molecule has 0 radical (unpaired) electrons. The van der Waals surface area contributed by atoms with Crippen molar-refractivity contribution in [1.82, 2.24) is 0 Å². The number of fused-ring (bicyclic) bond motifs is 3. The van der Waals surface area contributed by atoms with E-state index in [0.29, 0.717) is 22.1 Å². The first-order chi connectivity index (χ1) is 13.8. The maximum absolute atomic E-state index is 11.9. The minimum atomic E-state index is -3.73. The highest BCUT2D eigenvalue weighted by Crippen LogP contribution is 2.49. The monoisotopic (exact) mass is 429 g/mol. The SMILES string of the molecule is COc1cccc2c1-c1ccc(C(C)S(N)(=O)=O)cc1C(c1cccc(Cl)c1)O2. The second kappa shape index (κ2) is 7.37. The zero-order chi connectivity index (χ0) is 20.8. The topological polar surface area (TPSA) is 78.6 Å². The number of hydrogen-bond donors (Lipinski definition) is 1. The van der Waals surface area contributed by atoms with Crippen LogP contribution >= 0.6 is 11.6 Å². The predicted octanol–water partition coefficient (Wildman–Crippen LogP) is 4.85. The van der Waals surface area contributed by atoms with Crippen molar-refractivity contribution in [3.63, 3.8) is 0 Å². The fraction of sp³-hybridized carbons (Fsp3) is 0.182. The molecule has 0 saturated heterocycles. The summed E-state index contributed by atoms with van der Waals surface area (Å²) in [4.78, 5) is 0. The van der Waals surface area contributed by atoms with Crippen molar-refractivity contribution in [3.05, 3.63) is 82.4 Å². The number of benzene rings is 3. The maximum atomic E-state index is 11.9. The lowest BCUT2D eigenvalue weighted by Crippen LogP contribution is -2.21. The van der Waals surface area contributed by atoms with Gasteiger partial charge in [-0.3, -0.25) is 0 Å². The summed E-state index contributed by atoms with van der Waals surface area (Å²) in [5.41, 5.74) is 4.04. The molecular formula is C22H20ClNO4S. The molecule has 7 heteroatoms. The molecule has 150 valence electrons. The lowest BCUT2D eigenvalue weighted by molar-refractivity contribution is 0.242. The molecule has 0 aliphatic carbocycles. The van der Waals surface area contributed by atoms with Crippen LogP contribution in [0.25, 0.3) is 11.1 Å². The van der Waals surface area contributed by atoms with Gasteiger partial charge in [-0.15, -0.1) is 0 Å². The Morgan fingerprint density at radius 2 is 1.86 bits per heavy atom. The zero-order valence-electron chi connectivity index (χ0n) is 15.9. The van der Waals surface area contributed by atoms with Crippen molar-refractivity contribution in [1.29, 1.82) is 0 Å². The minimum Gasteiger partial charge on any atom is -0.496 e. The van der Waals surface area contributed by atoms with Crippen LogP contribution in [0.1, 0.15) is 35.0 Å². The molecule has 2 atom stereocenters. The summed E-state index contributed by atoms with van der Waals surface area (Å²) in [5, 5.41) is 5.13. The number of nitrogens with two attached hydrogens (primary N) is 1. The Bertz CT molecular complexity index is 1190. The van der Waals surface area contributed by atoms with Crippen LogP contribution in [0, 0.1) is 0 Å². The molecule has 2 unspecified atom stereocenters. The van der Waals surface area contributed by atoms with E-state index >= 15 is 0 Å². The quantitative estimate of drug-likeness (QED) is 0.643. The maximum Gasteiger partial charge on any atom is 0.215 e. The predicted molar refractivity (Wildman–Crippen MR) is 114 cm³/mol. The van der Waals surface area contributed by atoms with Gasteiger partial charge in [-0.1, -0.05) is 41.9 Å². The van der Waals surface area contributed by atoms with E-state index in [2.05, 4.69) is 0 Å². The first-order valence-corrected chi connectivity index (χ1v) is 11.0. The summed E-state index contributed by atoms with van der Waals surface area (Å²) in [6.07, 6.45) is -0.448. The molecule has 0 spiro atoms. The van der Waals surface area contributed by atoms with E-state index in [0.717, 1.165) is 22.3 Å². The van der Waals surface area contributed by atoms with E-state index in [1.807, 2.05) is 48.5 Å². The van der Waals surface area contributed by atoms with Crippen molar-refractivity contribution in [2.75, 3.05) is 7.11 Å². The average molecular weight is 430 g/mol. The average Bonchev–Trinajstić information content (AvgIpc) is 2.70. The molecule has 0 aromatic heterocycles. The Balaban J connectivity index is 1.96. The third-order valence-electron chi connectivity index (χ3n) is 5.19. The summed E-state index contributed by atoms with van der Waals surface area (Å²) in [6.45, 7) is 1.57. The standard InChI is InChI=1S/C22H20ClNO4S/c1-13(29(24,25)26)14-9-10-17-18(12-14)22(15-5-3-6-16(23)11-15)28-20-8-4-7-19(27-2)21(17)20/h3-13,22H,1-2H3,(H2,24,25,26). The van der Waals surface area contributed by atoms with Gasteiger partial charge >= 0.3 is 0 Å². The molecule has 29 heavy (non-hydrogen) atoms. The third-order valence-corrected chi connectivity index (χ3v) is 6.69. The van der Waals surface area contributed by atoms with Gasteiger partial charge in [0.05, 0.1) is 17.9 Å². The molecule has 0 saturated carbocycles. The van der Waals surface area contributed by atoms with Crippen LogP contribution in [0.4, 0.5) is 0 Å². The van der Waals surface area contributed by atoms with Gasteiger partial charge in [0.25, 0.3) is 0 Å². The second-order valence-electron chi connectivity index (χ2n) is 6.96. The van der Waals surface area contributed by atoms with E-state index in [1.54, 1.807) is 26.2 Å². The van der Waals surface area contributed by atoms with E-state index in [-0.39, 0.29) is 0 Å².